The molecule has 3 aliphatic rings. The molecule has 1 fully saturated rings. The maximum absolute atomic E-state index is 13.9. The Morgan fingerprint density at radius 1 is 1.23 bits per heavy atom. The Bertz CT molecular complexity index is 1080. The number of hydrogen-bond donors (Lipinski definition) is 1. The van der Waals surface area contributed by atoms with Crippen molar-refractivity contribution in [2.45, 2.75) is 18.2 Å². The number of nitrogens with zero attached hydrogens (tertiary/aromatic N) is 4. The summed E-state index contributed by atoms with van der Waals surface area (Å²) in [6.45, 7) is 1.43. The molecule has 1 aromatic rings. The molecule has 10 nitrogen and oxygen atoms in total. The average Bonchev–Trinajstić information content (AvgIpc) is 3.15. The lowest BCUT2D eigenvalue weighted by Gasteiger charge is -2.31. The lowest BCUT2D eigenvalue weighted by atomic mass is 9.84. The van der Waals surface area contributed by atoms with Crippen LogP contribution in [0.5, 0.6) is 0 Å². The fourth-order valence-electron chi connectivity index (χ4n) is 5.36. The Morgan fingerprint density at radius 2 is 1.90 bits per heavy atom. The van der Waals surface area contributed by atoms with Crippen LogP contribution in [0.25, 0.3) is 0 Å². The van der Waals surface area contributed by atoms with E-state index in [1.807, 2.05) is 0 Å². The van der Waals surface area contributed by atoms with E-state index >= 15 is 0 Å². The van der Waals surface area contributed by atoms with Gasteiger partial charge in [-0.15, -0.1) is 0 Å². The molecule has 1 amide bonds. The van der Waals surface area contributed by atoms with Crippen LogP contribution >= 0.6 is 0 Å². The molecule has 0 aromatic heterocycles. The van der Waals surface area contributed by atoms with Gasteiger partial charge in [-0.05, 0) is 18.6 Å². The summed E-state index contributed by atoms with van der Waals surface area (Å²) in [5.74, 6) is -3.44. The monoisotopic (exact) mass is 409 g/mol. The van der Waals surface area contributed by atoms with Crippen molar-refractivity contribution in [3.63, 3.8) is 0 Å². The van der Waals surface area contributed by atoms with Crippen molar-refractivity contribution >= 4 is 23.4 Å². The number of nitrogens with two attached hydrogens (primary N) is 1. The summed E-state index contributed by atoms with van der Waals surface area (Å²) in [5.41, 5.74) is 1.50. The van der Waals surface area contributed by atoms with Crippen LogP contribution in [0.1, 0.15) is 12.5 Å². The molecule has 1 saturated carbocycles. The highest BCUT2D eigenvalue weighted by molar-refractivity contribution is 6.22. The van der Waals surface area contributed by atoms with Gasteiger partial charge in [0.2, 0.25) is 5.91 Å². The summed E-state index contributed by atoms with van der Waals surface area (Å²) in [5, 5.41) is 20.6. The molecule has 1 aromatic carbocycles. The van der Waals surface area contributed by atoms with E-state index in [2.05, 4.69) is 17.1 Å². The Hall–Kier alpha value is -3.47. The number of benzene rings is 1. The molecule has 1 spiro atoms. The van der Waals surface area contributed by atoms with E-state index in [9.17, 15) is 20.1 Å². The number of fused-ring (bicyclic) bond motifs is 5. The molecule has 1 aliphatic carbocycles. The Kier molecular flexibility index (Phi) is 3.98. The second kappa shape index (κ2) is 6.02. The van der Waals surface area contributed by atoms with Crippen LogP contribution in [0.3, 0.4) is 0 Å². The zero-order valence-electron chi connectivity index (χ0n) is 16.6. The fraction of sp³-hybridized carbons (Fsp3) is 0.450. The van der Waals surface area contributed by atoms with Gasteiger partial charge in [-0.25, -0.2) is 4.99 Å². The van der Waals surface area contributed by atoms with Gasteiger partial charge in [0.25, 0.3) is 5.91 Å². The molecule has 2 N–H and O–H groups in total. The van der Waals surface area contributed by atoms with Crippen LogP contribution in [0.4, 0.5) is 5.69 Å². The van der Waals surface area contributed by atoms with Crippen LogP contribution in [-0.2, 0) is 29.2 Å². The largest absolute Gasteiger partial charge is 0.465 e. The molecule has 30 heavy (non-hydrogen) atoms. The third-order valence-corrected chi connectivity index (χ3v) is 6.40. The first-order valence-electron chi connectivity index (χ1n) is 9.21. The standard InChI is InChI=1S/C20H19N5O5/c1-4-30-14(26)9-25-13-8-6-5-7-12(13)19(16(25)27)17(10-21)15(23)24-20(28-2,29-3)18(17,19)11-22/h5-8H,4,9H2,1-3H3,(H2,23,24). The summed E-state index contributed by atoms with van der Waals surface area (Å²) in [6, 6.07) is 10.8. The van der Waals surface area contributed by atoms with Gasteiger partial charge in [0.15, 0.2) is 10.8 Å². The lowest BCUT2D eigenvalue weighted by molar-refractivity contribution is -0.233. The van der Waals surface area contributed by atoms with E-state index in [-0.39, 0.29) is 19.0 Å². The van der Waals surface area contributed by atoms with Gasteiger partial charge in [0, 0.05) is 19.9 Å². The highest BCUT2D eigenvalue weighted by Gasteiger charge is 3.05. The van der Waals surface area contributed by atoms with Crippen molar-refractivity contribution in [1.29, 1.82) is 10.5 Å². The van der Waals surface area contributed by atoms with Crippen molar-refractivity contribution < 1.29 is 23.8 Å². The minimum Gasteiger partial charge on any atom is -0.465 e. The van der Waals surface area contributed by atoms with Crippen LogP contribution in [-0.4, -0.2) is 51.0 Å². The molecule has 2 heterocycles. The van der Waals surface area contributed by atoms with E-state index in [1.165, 1.54) is 19.1 Å². The first kappa shape index (κ1) is 19.8. The average molecular weight is 409 g/mol. The smallest absolute Gasteiger partial charge is 0.326 e. The highest BCUT2D eigenvalue weighted by Crippen LogP contribution is 2.87. The van der Waals surface area contributed by atoms with E-state index in [4.69, 9.17) is 19.9 Å². The van der Waals surface area contributed by atoms with Crippen LogP contribution in [0.15, 0.2) is 29.3 Å². The van der Waals surface area contributed by atoms with Crippen molar-refractivity contribution in [2.24, 2.45) is 21.6 Å². The van der Waals surface area contributed by atoms with Gasteiger partial charge in [-0.1, -0.05) is 18.2 Å². The number of carbonyl (C=O) groups excluding carboxylic acids is 2. The van der Waals surface area contributed by atoms with E-state index in [0.29, 0.717) is 11.3 Å². The number of esters is 1. The minimum atomic E-state index is -1.97. The summed E-state index contributed by atoms with van der Waals surface area (Å²) < 4.78 is 15.9. The number of ether oxygens (including phenoxy) is 3. The van der Waals surface area contributed by atoms with Gasteiger partial charge < -0.3 is 19.9 Å². The van der Waals surface area contributed by atoms with E-state index < -0.39 is 34.0 Å². The molecule has 0 saturated heterocycles. The summed E-state index contributed by atoms with van der Waals surface area (Å²) in [7, 11) is 2.53. The van der Waals surface area contributed by atoms with Gasteiger partial charge >= 0.3 is 5.97 Å². The van der Waals surface area contributed by atoms with Crippen LogP contribution in [0.2, 0.25) is 0 Å². The quantitative estimate of drug-likeness (QED) is 0.534. The van der Waals surface area contributed by atoms with E-state index in [0.717, 1.165) is 0 Å². The zero-order valence-corrected chi connectivity index (χ0v) is 16.6. The Balaban J connectivity index is 2.01. The third kappa shape index (κ3) is 1.62. The molecule has 4 rings (SSSR count). The molecule has 2 aliphatic heterocycles. The predicted octanol–water partition coefficient (Wildman–Crippen LogP) is 0.185. The molecule has 10 heteroatoms. The number of carbonyl (C=O) groups is 2. The molecule has 154 valence electrons. The van der Waals surface area contributed by atoms with Crippen LogP contribution in [0, 0.1) is 33.5 Å². The normalized spacial score (nSPS) is 32.1. The SMILES string of the molecule is CCOC(=O)CN1C(=O)C2(c3ccccc31)C1(C#N)C(N)=NC(OC)(OC)C12C#N. The highest BCUT2D eigenvalue weighted by atomic mass is 16.7. The summed E-state index contributed by atoms with van der Waals surface area (Å²) in [4.78, 5) is 31.5. The zero-order chi connectivity index (χ0) is 21.9. The number of nitriles is 2. The van der Waals surface area contributed by atoms with Gasteiger partial charge in [0.1, 0.15) is 17.8 Å². The molecular weight excluding hydrogens is 390 g/mol. The maximum Gasteiger partial charge on any atom is 0.326 e. The number of amides is 1. The Morgan fingerprint density at radius 3 is 2.47 bits per heavy atom. The second-order valence-electron chi connectivity index (χ2n) is 7.17. The number of hydrogen-bond acceptors (Lipinski definition) is 9. The predicted molar refractivity (Wildman–Crippen MR) is 102 cm³/mol. The van der Waals surface area contributed by atoms with Gasteiger partial charge in [-0.3, -0.25) is 14.5 Å². The third-order valence-electron chi connectivity index (χ3n) is 6.40. The van der Waals surface area contributed by atoms with Crippen molar-refractivity contribution in [1.82, 2.24) is 0 Å². The molecule has 0 bridgehead atoms. The first-order chi connectivity index (χ1) is 14.4. The number of rotatable bonds is 5. The van der Waals surface area contributed by atoms with Crippen molar-refractivity contribution in [2.75, 3.05) is 32.3 Å². The number of para-hydroxylation sites is 1. The lowest BCUT2D eigenvalue weighted by Crippen LogP contribution is -2.49. The Labute approximate surface area is 172 Å². The van der Waals surface area contributed by atoms with Crippen LogP contribution < -0.4 is 10.6 Å². The van der Waals surface area contributed by atoms with Gasteiger partial charge in [0.05, 0.1) is 18.7 Å². The topological polar surface area (TPSA) is 151 Å². The summed E-state index contributed by atoms with van der Waals surface area (Å²) >= 11 is 0. The number of aliphatic imine (C=N–C) groups is 1. The minimum absolute atomic E-state index is 0.147. The molecule has 3 unspecified atom stereocenters. The van der Waals surface area contributed by atoms with Gasteiger partial charge in [-0.2, -0.15) is 10.5 Å². The maximum atomic E-state index is 13.9. The number of anilines is 1. The number of methoxy groups -OCH3 is 2. The fourth-order valence-corrected chi connectivity index (χ4v) is 5.36. The van der Waals surface area contributed by atoms with Crippen molar-refractivity contribution in [3.05, 3.63) is 29.8 Å². The molecule has 0 radical (unpaired) electrons. The molecule has 3 atom stereocenters. The van der Waals surface area contributed by atoms with E-state index in [1.54, 1.807) is 31.2 Å². The first-order valence-corrected chi connectivity index (χ1v) is 9.21. The summed E-state index contributed by atoms with van der Waals surface area (Å²) in [6.07, 6.45) is 0. The number of amidine groups is 1. The second-order valence-corrected chi connectivity index (χ2v) is 7.17. The van der Waals surface area contributed by atoms with Crippen molar-refractivity contribution in [3.8, 4) is 12.1 Å². The molecular formula is C20H19N5O5.